The summed E-state index contributed by atoms with van der Waals surface area (Å²) in [6.45, 7) is 4.02. The Balaban J connectivity index is 1.45. The van der Waals surface area contributed by atoms with Crippen molar-refractivity contribution in [2.24, 2.45) is 0 Å². The number of fused-ring (bicyclic) bond motifs is 1. The van der Waals surface area contributed by atoms with Gasteiger partial charge in [-0.25, -0.2) is 9.78 Å². The molecule has 2 aromatic heterocycles. The first-order chi connectivity index (χ1) is 16.8. The zero-order chi connectivity index (χ0) is 24.7. The van der Waals surface area contributed by atoms with Crippen LogP contribution < -0.4 is 10.9 Å². The van der Waals surface area contributed by atoms with E-state index in [0.717, 1.165) is 5.56 Å². The highest BCUT2D eigenvalue weighted by Crippen LogP contribution is 2.30. The van der Waals surface area contributed by atoms with E-state index >= 15 is 0 Å². The van der Waals surface area contributed by atoms with Crippen LogP contribution in [0.1, 0.15) is 31.4 Å². The second-order valence-corrected chi connectivity index (χ2v) is 9.77. The maximum atomic E-state index is 13.2. The summed E-state index contributed by atoms with van der Waals surface area (Å²) in [6.07, 6.45) is 1.45. The molecule has 35 heavy (non-hydrogen) atoms. The molecule has 2 aliphatic rings. The van der Waals surface area contributed by atoms with Crippen LogP contribution in [0.15, 0.2) is 41.5 Å². The minimum atomic E-state index is -0.983. The molecule has 0 radical (unpaired) electrons. The van der Waals surface area contributed by atoms with E-state index in [1.54, 1.807) is 10.6 Å². The Morgan fingerprint density at radius 2 is 2.00 bits per heavy atom. The van der Waals surface area contributed by atoms with Gasteiger partial charge < -0.3 is 20.3 Å². The van der Waals surface area contributed by atoms with Gasteiger partial charge in [-0.1, -0.05) is 23.7 Å². The molecular formula is C24H28ClN5O5. The molecular weight excluding hydrogens is 474 g/mol. The Bertz CT molecular complexity index is 1300. The maximum absolute atomic E-state index is 13.2. The summed E-state index contributed by atoms with van der Waals surface area (Å²) in [7, 11) is 0. The molecule has 1 amide bonds. The van der Waals surface area contributed by atoms with Crippen LogP contribution in [0.4, 0.5) is 4.79 Å². The number of aromatic nitrogens is 3. The Hall–Kier alpha value is -2.92. The fraction of sp³-hybridized carbons (Fsp3) is 0.458. The predicted molar refractivity (Wildman–Crippen MR) is 130 cm³/mol. The molecule has 2 atom stereocenters. The molecule has 2 saturated heterocycles. The fourth-order valence-electron chi connectivity index (χ4n) is 4.95. The third-order valence-electron chi connectivity index (χ3n) is 6.89. The van der Waals surface area contributed by atoms with E-state index in [1.807, 2.05) is 31.2 Å². The summed E-state index contributed by atoms with van der Waals surface area (Å²) in [6, 6.07) is 8.51. The quantitative estimate of drug-likeness (QED) is 0.501. The topological polar surface area (TPSA) is 122 Å². The summed E-state index contributed by atoms with van der Waals surface area (Å²) in [4.78, 5) is 30.8. The van der Waals surface area contributed by atoms with Crippen LogP contribution in [0.25, 0.3) is 16.7 Å². The third kappa shape index (κ3) is 4.54. The second-order valence-electron chi connectivity index (χ2n) is 9.38. The van der Waals surface area contributed by atoms with Crippen LogP contribution in [-0.2, 0) is 11.3 Å². The van der Waals surface area contributed by atoms with Crippen LogP contribution in [0.5, 0.6) is 0 Å². The molecule has 5 rings (SSSR count). The molecule has 11 heteroatoms. The van der Waals surface area contributed by atoms with Gasteiger partial charge in [-0.3, -0.25) is 18.8 Å². The fourth-order valence-corrected chi connectivity index (χ4v) is 5.23. The summed E-state index contributed by atoms with van der Waals surface area (Å²) in [5, 5.41) is 24.4. The average Bonchev–Trinajstić information content (AvgIpc) is 3.18. The Morgan fingerprint density at radius 3 is 2.69 bits per heavy atom. The highest BCUT2D eigenvalue weighted by atomic mass is 35.5. The minimum absolute atomic E-state index is 0.155. The van der Waals surface area contributed by atoms with E-state index in [-0.39, 0.29) is 24.8 Å². The highest BCUT2D eigenvalue weighted by Gasteiger charge is 2.32. The number of hydrogen-bond acceptors (Lipinski definition) is 6. The number of piperidine rings is 1. The SMILES string of the molecule is C[C@H]1CN(C(=O)O)[C@H](c2ccc(-n3c(Cl)cc4c(=O)n(CC5(O)CCNCC5)cnc43)cc2)CO1. The largest absolute Gasteiger partial charge is 0.465 e. The first kappa shape index (κ1) is 23.8. The summed E-state index contributed by atoms with van der Waals surface area (Å²) >= 11 is 6.53. The van der Waals surface area contributed by atoms with Gasteiger partial charge in [-0.05, 0) is 56.6 Å². The third-order valence-corrected chi connectivity index (χ3v) is 7.17. The molecule has 0 spiro atoms. The smallest absolute Gasteiger partial charge is 0.407 e. The van der Waals surface area contributed by atoms with Crippen LogP contribution in [-0.4, -0.2) is 73.3 Å². The molecule has 186 valence electrons. The molecule has 0 bridgehead atoms. The van der Waals surface area contributed by atoms with Gasteiger partial charge in [0.25, 0.3) is 5.56 Å². The molecule has 3 aromatic rings. The highest BCUT2D eigenvalue weighted by molar-refractivity contribution is 6.31. The number of carbonyl (C=O) groups is 1. The van der Waals surface area contributed by atoms with Crippen LogP contribution >= 0.6 is 11.6 Å². The number of nitrogens with one attached hydrogen (secondary N) is 1. The van der Waals surface area contributed by atoms with E-state index in [4.69, 9.17) is 16.3 Å². The number of halogens is 1. The van der Waals surface area contributed by atoms with E-state index < -0.39 is 17.7 Å². The van der Waals surface area contributed by atoms with Gasteiger partial charge in [-0.15, -0.1) is 0 Å². The summed E-state index contributed by atoms with van der Waals surface area (Å²) < 4.78 is 8.82. The lowest BCUT2D eigenvalue weighted by molar-refractivity contribution is -0.0465. The van der Waals surface area contributed by atoms with Crippen LogP contribution in [0.2, 0.25) is 5.15 Å². The molecule has 0 aliphatic carbocycles. The van der Waals surface area contributed by atoms with Gasteiger partial charge in [0.15, 0.2) is 5.65 Å². The van der Waals surface area contributed by atoms with Gasteiger partial charge in [0, 0.05) is 5.69 Å². The molecule has 0 saturated carbocycles. The van der Waals surface area contributed by atoms with Crippen molar-refractivity contribution in [1.82, 2.24) is 24.3 Å². The van der Waals surface area contributed by atoms with Gasteiger partial charge in [0.05, 0.1) is 42.8 Å². The second kappa shape index (κ2) is 9.27. The van der Waals surface area contributed by atoms with Gasteiger partial charge in [0.2, 0.25) is 0 Å². The van der Waals surface area contributed by atoms with Crippen molar-refractivity contribution in [1.29, 1.82) is 0 Å². The van der Waals surface area contributed by atoms with E-state index in [0.29, 0.717) is 54.3 Å². The Kier molecular flexibility index (Phi) is 6.30. The van der Waals surface area contributed by atoms with Crippen molar-refractivity contribution in [2.75, 3.05) is 26.2 Å². The van der Waals surface area contributed by atoms with Gasteiger partial charge >= 0.3 is 6.09 Å². The van der Waals surface area contributed by atoms with Crippen molar-refractivity contribution in [3.8, 4) is 5.69 Å². The molecule has 0 unspecified atom stereocenters. The van der Waals surface area contributed by atoms with E-state index in [1.165, 1.54) is 15.8 Å². The average molecular weight is 502 g/mol. The molecule has 4 heterocycles. The number of ether oxygens (including phenoxy) is 1. The summed E-state index contributed by atoms with van der Waals surface area (Å²) in [5.74, 6) is 0. The van der Waals surface area contributed by atoms with Crippen molar-refractivity contribution >= 4 is 28.7 Å². The van der Waals surface area contributed by atoms with Crippen molar-refractivity contribution in [2.45, 2.75) is 44.1 Å². The Labute approximate surface area is 206 Å². The lowest BCUT2D eigenvalue weighted by atomic mass is 9.92. The first-order valence-corrected chi connectivity index (χ1v) is 12.0. The monoisotopic (exact) mass is 501 g/mol. The molecule has 1 aromatic carbocycles. The number of hydrogen-bond donors (Lipinski definition) is 3. The maximum Gasteiger partial charge on any atom is 0.407 e. The standard InChI is InChI=1S/C24H28ClN5O5/c1-15-11-29(23(32)33)19(12-35-15)16-2-4-17(5-3-16)30-20(25)10-18-21(30)27-14-28(22(18)31)13-24(34)6-8-26-9-7-24/h2-5,10,14-15,19,26,34H,6-9,11-13H2,1H3,(H,32,33)/t15-,19-/m0/s1. The normalized spacial score (nSPS) is 22.4. The lowest BCUT2D eigenvalue weighted by Gasteiger charge is -2.37. The molecule has 10 nitrogen and oxygen atoms in total. The van der Waals surface area contributed by atoms with Crippen molar-refractivity contribution < 1.29 is 19.7 Å². The van der Waals surface area contributed by atoms with Gasteiger partial charge in [-0.2, -0.15) is 0 Å². The van der Waals surface area contributed by atoms with Crippen molar-refractivity contribution in [3.63, 3.8) is 0 Å². The number of carboxylic acid groups (broad SMARTS) is 1. The van der Waals surface area contributed by atoms with Crippen LogP contribution in [0.3, 0.4) is 0 Å². The zero-order valence-electron chi connectivity index (χ0n) is 19.4. The number of nitrogens with zero attached hydrogens (tertiary/aromatic N) is 4. The van der Waals surface area contributed by atoms with Crippen molar-refractivity contribution in [3.05, 3.63) is 57.7 Å². The molecule has 2 fully saturated rings. The molecule has 3 N–H and O–H groups in total. The lowest BCUT2D eigenvalue weighted by Crippen LogP contribution is -2.46. The van der Waals surface area contributed by atoms with E-state index in [9.17, 15) is 19.8 Å². The number of morpholine rings is 1. The summed E-state index contributed by atoms with van der Waals surface area (Å²) in [5.41, 5.74) is 0.716. The Morgan fingerprint density at radius 1 is 1.29 bits per heavy atom. The zero-order valence-corrected chi connectivity index (χ0v) is 20.1. The minimum Gasteiger partial charge on any atom is -0.465 e. The number of amides is 1. The van der Waals surface area contributed by atoms with Crippen LogP contribution in [0, 0.1) is 0 Å². The van der Waals surface area contributed by atoms with E-state index in [2.05, 4.69) is 10.3 Å². The number of benzene rings is 1. The number of rotatable bonds is 4. The first-order valence-electron chi connectivity index (χ1n) is 11.7. The predicted octanol–water partition coefficient (Wildman–Crippen LogP) is 2.39. The van der Waals surface area contributed by atoms with Gasteiger partial charge in [0.1, 0.15) is 11.5 Å². The number of aliphatic hydroxyl groups is 1. The molecule has 2 aliphatic heterocycles.